The van der Waals surface area contributed by atoms with Crippen molar-refractivity contribution < 1.29 is 0 Å². The zero-order valence-corrected chi connectivity index (χ0v) is 9.23. The molecule has 0 rings (SSSR count). The molecule has 0 aliphatic carbocycles. The molecule has 13 heavy (non-hydrogen) atoms. The molecule has 0 N–H and O–H groups in total. The normalized spacial score (nSPS) is 12.2. The van der Waals surface area contributed by atoms with Crippen molar-refractivity contribution in [2.45, 2.75) is 79.6 Å². The van der Waals surface area contributed by atoms with E-state index < -0.39 is 0 Å². The minimum Gasteiger partial charge on any atom is -0.0776 e. The fraction of sp³-hybridized carbons (Fsp3) is 1.00. The van der Waals surface area contributed by atoms with Gasteiger partial charge in [0.05, 0.1) is 0 Å². The van der Waals surface area contributed by atoms with Gasteiger partial charge in [0, 0.05) is 0 Å². The first-order valence-electron chi connectivity index (χ1n) is 5.85. The van der Waals surface area contributed by atoms with E-state index in [4.69, 9.17) is 0 Å². The van der Waals surface area contributed by atoms with Gasteiger partial charge in [-0.15, -0.1) is 0 Å². The van der Waals surface area contributed by atoms with Gasteiger partial charge in [-0.05, 0) is 5.92 Å². The molecule has 0 heterocycles. The third-order valence-corrected chi connectivity index (χ3v) is 2.76. The summed E-state index contributed by atoms with van der Waals surface area (Å²) in [7, 11) is 0. The van der Waals surface area contributed by atoms with Crippen LogP contribution in [0.3, 0.4) is 0 Å². The van der Waals surface area contributed by atoms with Crippen molar-refractivity contribution in [3.8, 4) is 0 Å². The van der Waals surface area contributed by atoms with Gasteiger partial charge in [-0.1, -0.05) is 79.6 Å². The lowest BCUT2D eigenvalue weighted by Gasteiger charge is -2.13. The van der Waals surface area contributed by atoms with Crippen LogP contribution in [0.1, 0.15) is 79.6 Å². The fourth-order valence-electron chi connectivity index (χ4n) is 1.73. The van der Waals surface area contributed by atoms with Crippen LogP contribution in [-0.2, 0) is 0 Å². The van der Waals surface area contributed by atoms with Crippen LogP contribution in [0.5, 0.6) is 0 Å². The van der Waals surface area contributed by atoms with Crippen LogP contribution in [0.4, 0.5) is 0 Å². The van der Waals surface area contributed by atoms with Crippen molar-refractivity contribution in [1.82, 2.24) is 0 Å². The number of hydrogen-bond acceptors (Lipinski definition) is 0. The van der Waals surface area contributed by atoms with Crippen molar-refractivity contribution in [2.75, 3.05) is 0 Å². The van der Waals surface area contributed by atoms with Gasteiger partial charge in [-0.25, -0.2) is 0 Å². The Labute approximate surface area is 86.1 Å². The van der Waals surface area contributed by atoms with Crippen LogP contribution < -0.4 is 0 Å². The van der Waals surface area contributed by atoms with Gasteiger partial charge in [-0.3, -0.25) is 0 Å². The molecule has 0 aromatic carbocycles. The summed E-state index contributed by atoms with van der Waals surface area (Å²) in [6, 6.07) is 0. The Kier molecular flexibility index (Phi) is 14.3. The smallest absolute Gasteiger partial charge is 0.0417 e. The summed E-state index contributed by atoms with van der Waals surface area (Å²) in [6.07, 6.45) is 11.4. The molecule has 1 atom stereocenters. The Hall–Kier alpha value is 0. The van der Waals surface area contributed by atoms with Crippen LogP contribution in [0.2, 0.25) is 0 Å². The van der Waals surface area contributed by atoms with Crippen LogP contribution in [-0.4, -0.2) is 0 Å². The zero-order chi connectivity index (χ0) is 9.23. The van der Waals surface area contributed by atoms with Gasteiger partial charge in [0.1, 0.15) is 0 Å². The topological polar surface area (TPSA) is 0 Å². The Balaban J connectivity index is 0. The van der Waals surface area contributed by atoms with Crippen LogP contribution in [0.25, 0.3) is 0 Å². The molecule has 0 aromatic heterocycles. The van der Waals surface area contributed by atoms with Gasteiger partial charge in [0.25, 0.3) is 0 Å². The van der Waals surface area contributed by atoms with E-state index in [1.165, 1.54) is 51.4 Å². The van der Waals surface area contributed by atoms with Crippen molar-refractivity contribution in [2.24, 2.45) is 5.92 Å². The van der Waals surface area contributed by atoms with E-state index in [0.717, 1.165) is 5.92 Å². The Bertz CT molecular complexity index is 76.1. The lowest BCUT2D eigenvalue weighted by molar-refractivity contribution is 0.404. The third kappa shape index (κ3) is 9.92. The molecule has 0 saturated carbocycles. The monoisotopic (exact) mass is 186 g/mol. The van der Waals surface area contributed by atoms with Crippen LogP contribution in [0.15, 0.2) is 0 Å². The molecule has 0 heteroatoms. The molecular formula is C13H30. The Morgan fingerprint density at radius 1 is 0.769 bits per heavy atom. The second-order valence-corrected chi connectivity index (χ2v) is 3.91. The summed E-state index contributed by atoms with van der Waals surface area (Å²) in [4.78, 5) is 0. The summed E-state index contributed by atoms with van der Waals surface area (Å²) >= 11 is 0. The summed E-state index contributed by atoms with van der Waals surface area (Å²) in [5, 5.41) is 0. The fourth-order valence-corrected chi connectivity index (χ4v) is 1.73. The van der Waals surface area contributed by atoms with Crippen molar-refractivity contribution in [3.05, 3.63) is 0 Å². The highest BCUT2D eigenvalue weighted by Crippen LogP contribution is 2.19. The van der Waals surface area contributed by atoms with Gasteiger partial charge in [0.2, 0.25) is 0 Å². The standard InChI is InChI=1S/C12H26.CH4/c1-4-7-9-11-12(6-3)10-8-5-2;/h12H,4-11H2,1-3H3;1H4. The molecule has 0 nitrogen and oxygen atoms in total. The van der Waals surface area contributed by atoms with Crippen molar-refractivity contribution in [1.29, 1.82) is 0 Å². The average molecular weight is 186 g/mol. The maximum atomic E-state index is 2.34. The van der Waals surface area contributed by atoms with E-state index >= 15 is 0 Å². The molecule has 82 valence electrons. The van der Waals surface area contributed by atoms with Crippen molar-refractivity contribution >= 4 is 0 Å². The summed E-state index contributed by atoms with van der Waals surface area (Å²) in [6.45, 7) is 6.91. The summed E-state index contributed by atoms with van der Waals surface area (Å²) < 4.78 is 0. The van der Waals surface area contributed by atoms with Gasteiger partial charge >= 0.3 is 0 Å². The van der Waals surface area contributed by atoms with E-state index in [9.17, 15) is 0 Å². The predicted molar refractivity (Wildman–Crippen MR) is 64.2 cm³/mol. The molecule has 0 fully saturated rings. The molecule has 0 amide bonds. The largest absolute Gasteiger partial charge is 0.0776 e. The van der Waals surface area contributed by atoms with E-state index in [-0.39, 0.29) is 7.43 Å². The first-order valence-corrected chi connectivity index (χ1v) is 5.85. The van der Waals surface area contributed by atoms with E-state index in [1.807, 2.05) is 0 Å². The minimum atomic E-state index is 0. The molecule has 1 unspecified atom stereocenters. The highest BCUT2D eigenvalue weighted by molar-refractivity contribution is 4.57. The number of unbranched alkanes of at least 4 members (excludes halogenated alkanes) is 3. The summed E-state index contributed by atoms with van der Waals surface area (Å²) in [5.74, 6) is 1.02. The lowest BCUT2D eigenvalue weighted by Crippen LogP contribution is -1.98. The van der Waals surface area contributed by atoms with E-state index in [1.54, 1.807) is 0 Å². The van der Waals surface area contributed by atoms with Crippen LogP contribution >= 0.6 is 0 Å². The first kappa shape index (κ1) is 15.5. The SMILES string of the molecule is C.CCCCCC(CC)CCCC. The molecule has 0 bridgehead atoms. The maximum Gasteiger partial charge on any atom is -0.0417 e. The minimum absolute atomic E-state index is 0. The molecule has 0 spiro atoms. The van der Waals surface area contributed by atoms with Crippen LogP contribution in [0, 0.1) is 5.92 Å². The highest BCUT2D eigenvalue weighted by atomic mass is 14.1. The van der Waals surface area contributed by atoms with Gasteiger partial charge in [-0.2, -0.15) is 0 Å². The van der Waals surface area contributed by atoms with E-state index in [2.05, 4.69) is 20.8 Å². The van der Waals surface area contributed by atoms with Crippen molar-refractivity contribution in [3.63, 3.8) is 0 Å². The number of rotatable bonds is 8. The Morgan fingerprint density at radius 2 is 1.31 bits per heavy atom. The second-order valence-electron chi connectivity index (χ2n) is 3.91. The predicted octanol–water partition coefficient (Wildman–Crippen LogP) is 5.42. The molecule has 0 aliphatic rings. The second kappa shape index (κ2) is 12.0. The molecule has 0 aliphatic heterocycles. The molecule has 0 aromatic rings. The molecule has 0 radical (unpaired) electrons. The van der Waals surface area contributed by atoms with E-state index in [0.29, 0.717) is 0 Å². The Morgan fingerprint density at radius 3 is 1.77 bits per heavy atom. The quantitative estimate of drug-likeness (QED) is 0.444. The average Bonchev–Trinajstić information content (AvgIpc) is 2.11. The van der Waals surface area contributed by atoms with Gasteiger partial charge < -0.3 is 0 Å². The number of hydrogen-bond donors (Lipinski definition) is 0. The lowest BCUT2D eigenvalue weighted by atomic mass is 9.93. The third-order valence-electron chi connectivity index (χ3n) is 2.76. The highest BCUT2D eigenvalue weighted by Gasteiger charge is 2.04. The molecular weight excluding hydrogens is 156 g/mol. The summed E-state index contributed by atoms with van der Waals surface area (Å²) in [5.41, 5.74) is 0. The maximum absolute atomic E-state index is 2.34. The zero-order valence-electron chi connectivity index (χ0n) is 9.23. The first-order chi connectivity index (χ1) is 5.85. The van der Waals surface area contributed by atoms with Gasteiger partial charge in [0.15, 0.2) is 0 Å². The molecule has 0 saturated heterocycles.